The summed E-state index contributed by atoms with van der Waals surface area (Å²) in [5, 5.41) is 4.00. The Bertz CT molecular complexity index is 771. The molecule has 0 aliphatic rings. The molecule has 0 aliphatic heterocycles. The van der Waals surface area contributed by atoms with Crippen LogP contribution in [0.25, 0.3) is 22.2 Å². The van der Waals surface area contributed by atoms with Crippen molar-refractivity contribution < 1.29 is 4.79 Å². The third-order valence-electron chi connectivity index (χ3n) is 3.69. The van der Waals surface area contributed by atoms with Gasteiger partial charge in [-0.2, -0.15) is 0 Å². The Morgan fingerprint density at radius 2 is 2.24 bits per heavy atom. The molecule has 0 bridgehead atoms. The van der Waals surface area contributed by atoms with Crippen LogP contribution in [0.2, 0.25) is 0 Å². The Morgan fingerprint density at radius 1 is 1.38 bits per heavy atom. The third-order valence-corrected chi connectivity index (χ3v) is 3.69. The second-order valence-corrected chi connectivity index (χ2v) is 5.18. The molecule has 0 spiro atoms. The lowest BCUT2D eigenvalue weighted by atomic mass is 10.1. The zero-order valence-corrected chi connectivity index (χ0v) is 12.1. The van der Waals surface area contributed by atoms with E-state index in [0.717, 1.165) is 28.6 Å². The molecular formula is C16H18N4O. The number of aromatic nitrogens is 3. The highest BCUT2D eigenvalue weighted by Gasteiger charge is 2.13. The van der Waals surface area contributed by atoms with Gasteiger partial charge in [0, 0.05) is 35.6 Å². The summed E-state index contributed by atoms with van der Waals surface area (Å²) in [5.41, 5.74) is 3.46. The number of rotatable bonds is 4. The number of pyridine rings is 1. The van der Waals surface area contributed by atoms with Crippen molar-refractivity contribution in [1.82, 2.24) is 20.3 Å². The van der Waals surface area contributed by atoms with Gasteiger partial charge in [0.05, 0.1) is 0 Å². The number of aromatic amines is 2. The van der Waals surface area contributed by atoms with Crippen LogP contribution in [0, 0.1) is 0 Å². The Labute approximate surface area is 122 Å². The maximum absolute atomic E-state index is 12.1. The van der Waals surface area contributed by atoms with E-state index in [1.54, 1.807) is 6.20 Å². The minimum Gasteiger partial charge on any atom is -0.357 e. The largest absolute Gasteiger partial charge is 0.357 e. The molecule has 1 amide bonds. The molecule has 21 heavy (non-hydrogen) atoms. The van der Waals surface area contributed by atoms with Gasteiger partial charge >= 0.3 is 0 Å². The van der Waals surface area contributed by atoms with E-state index in [9.17, 15) is 4.79 Å². The predicted molar refractivity (Wildman–Crippen MR) is 83.1 cm³/mol. The van der Waals surface area contributed by atoms with E-state index in [1.807, 2.05) is 44.4 Å². The van der Waals surface area contributed by atoms with Gasteiger partial charge in [-0.3, -0.25) is 4.79 Å². The number of nitrogens with zero attached hydrogens (tertiary/aromatic N) is 1. The van der Waals surface area contributed by atoms with E-state index in [-0.39, 0.29) is 11.9 Å². The summed E-state index contributed by atoms with van der Waals surface area (Å²) < 4.78 is 0. The summed E-state index contributed by atoms with van der Waals surface area (Å²) in [6.45, 7) is 4.04. The Hall–Kier alpha value is -2.56. The zero-order chi connectivity index (χ0) is 14.8. The lowest BCUT2D eigenvalue weighted by molar-refractivity contribution is 0.0935. The molecule has 3 aromatic rings. The van der Waals surface area contributed by atoms with Gasteiger partial charge in [0.1, 0.15) is 11.3 Å². The van der Waals surface area contributed by atoms with Gasteiger partial charge in [-0.25, -0.2) is 4.98 Å². The van der Waals surface area contributed by atoms with Gasteiger partial charge < -0.3 is 15.3 Å². The summed E-state index contributed by atoms with van der Waals surface area (Å²) in [7, 11) is 0. The molecule has 0 radical (unpaired) electrons. The molecule has 3 aromatic heterocycles. The molecule has 0 aliphatic carbocycles. The highest BCUT2D eigenvalue weighted by Crippen LogP contribution is 2.27. The molecule has 0 aromatic carbocycles. The molecule has 0 saturated heterocycles. The maximum atomic E-state index is 12.1. The molecule has 3 N–H and O–H groups in total. The molecule has 108 valence electrons. The lowest BCUT2D eigenvalue weighted by Gasteiger charge is -2.09. The smallest absolute Gasteiger partial charge is 0.267 e. The number of nitrogens with one attached hydrogen (secondary N) is 3. The molecule has 1 atom stereocenters. The van der Waals surface area contributed by atoms with Crippen LogP contribution >= 0.6 is 0 Å². The third kappa shape index (κ3) is 2.54. The highest BCUT2D eigenvalue weighted by atomic mass is 16.1. The molecule has 0 fully saturated rings. The normalized spacial score (nSPS) is 12.5. The van der Waals surface area contributed by atoms with E-state index in [0.29, 0.717) is 5.69 Å². The first-order valence-electron chi connectivity index (χ1n) is 7.10. The van der Waals surface area contributed by atoms with Crippen LogP contribution in [0.3, 0.4) is 0 Å². The van der Waals surface area contributed by atoms with Gasteiger partial charge in [-0.15, -0.1) is 0 Å². The highest BCUT2D eigenvalue weighted by molar-refractivity contribution is 5.97. The molecule has 0 unspecified atom stereocenters. The van der Waals surface area contributed by atoms with Crippen molar-refractivity contribution in [3.63, 3.8) is 0 Å². The average Bonchev–Trinajstić information content (AvgIpc) is 3.15. The van der Waals surface area contributed by atoms with E-state index in [4.69, 9.17) is 0 Å². The van der Waals surface area contributed by atoms with E-state index < -0.39 is 0 Å². The zero-order valence-electron chi connectivity index (χ0n) is 12.1. The van der Waals surface area contributed by atoms with E-state index in [1.165, 1.54) is 0 Å². The standard InChI is InChI=1S/C16H18N4O/c1-3-10(2)20-16(21)14-8-11(9-19-14)12-4-6-17-15-13(12)5-7-18-15/h4-10,19H,3H2,1-2H3,(H,17,18)(H,20,21)/t10-/m0/s1. The van der Waals surface area contributed by atoms with E-state index >= 15 is 0 Å². The van der Waals surface area contributed by atoms with Crippen LogP contribution in [-0.4, -0.2) is 26.9 Å². The molecule has 3 heterocycles. The van der Waals surface area contributed by atoms with Gasteiger partial charge in [0.25, 0.3) is 5.91 Å². The van der Waals surface area contributed by atoms with Crippen LogP contribution in [0.5, 0.6) is 0 Å². The van der Waals surface area contributed by atoms with E-state index in [2.05, 4.69) is 20.3 Å². The second-order valence-electron chi connectivity index (χ2n) is 5.18. The number of fused-ring (bicyclic) bond motifs is 1. The SMILES string of the molecule is CC[C@H](C)NC(=O)c1cc(-c2ccnc3[nH]ccc23)c[nH]1. The molecule has 5 heteroatoms. The molecule has 5 nitrogen and oxygen atoms in total. The van der Waals surface area contributed by atoms with Crippen LogP contribution in [0.4, 0.5) is 0 Å². The summed E-state index contributed by atoms with van der Waals surface area (Å²) >= 11 is 0. The van der Waals surface area contributed by atoms with Crippen molar-refractivity contribution in [1.29, 1.82) is 0 Å². The predicted octanol–water partition coefficient (Wildman–Crippen LogP) is 3.09. The minimum absolute atomic E-state index is 0.0741. The van der Waals surface area contributed by atoms with Crippen molar-refractivity contribution in [3.05, 3.63) is 42.5 Å². The summed E-state index contributed by atoms with van der Waals surface area (Å²) in [6, 6.07) is 5.99. The quantitative estimate of drug-likeness (QED) is 0.688. The second kappa shape index (κ2) is 5.44. The Kier molecular flexibility index (Phi) is 3.48. The van der Waals surface area contributed by atoms with Crippen molar-refractivity contribution in [2.24, 2.45) is 0 Å². The summed E-state index contributed by atoms with van der Waals surface area (Å²) in [5.74, 6) is -0.0741. The van der Waals surface area contributed by atoms with Crippen molar-refractivity contribution >= 4 is 16.9 Å². The number of amides is 1. The van der Waals surface area contributed by atoms with Crippen molar-refractivity contribution in [2.45, 2.75) is 26.3 Å². The van der Waals surface area contributed by atoms with Gasteiger partial charge in [0.15, 0.2) is 0 Å². The van der Waals surface area contributed by atoms with Crippen molar-refractivity contribution in [2.75, 3.05) is 0 Å². The number of carbonyl (C=O) groups excluding carboxylic acids is 1. The Balaban J connectivity index is 1.91. The number of hydrogen-bond donors (Lipinski definition) is 3. The van der Waals surface area contributed by atoms with Crippen LogP contribution < -0.4 is 5.32 Å². The number of hydrogen-bond acceptors (Lipinski definition) is 2. The van der Waals surface area contributed by atoms with Gasteiger partial charge in [-0.1, -0.05) is 6.92 Å². The van der Waals surface area contributed by atoms with Gasteiger partial charge in [0.2, 0.25) is 0 Å². The fraction of sp³-hybridized carbons (Fsp3) is 0.250. The van der Waals surface area contributed by atoms with Crippen molar-refractivity contribution in [3.8, 4) is 11.1 Å². The summed E-state index contributed by atoms with van der Waals surface area (Å²) in [4.78, 5) is 22.5. The first kappa shape index (κ1) is 13.4. The monoisotopic (exact) mass is 282 g/mol. The lowest BCUT2D eigenvalue weighted by Crippen LogP contribution is -2.32. The fourth-order valence-corrected chi connectivity index (χ4v) is 2.30. The fourth-order valence-electron chi connectivity index (χ4n) is 2.30. The van der Waals surface area contributed by atoms with Crippen LogP contribution in [-0.2, 0) is 0 Å². The molecule has 3 rings (SSSR count). The summed E-state index contributed by atoms with van der Waals surface area (Å²) in [6.07, 6.45) is 6.39. The maximum Gasteiger partial charge on any atom is 0.267 e. The minimum atomic E-state index is -0.0741. The molecule has 0 saturated carbocycles. The Morgan fingerprint density at radius 3 is 3.05 bits per heavy atom. The average molecular weight is 282 g/mol. The first-order valence-corrected chi connectivity index (χ1v) is 7.10. The molecular weight excluding hydrogens is 264 g/mol. The van der Waals surface area contributed by atoms with Crippen LogP contribution in [0.15, 0.2) is 36.8 Å². The number of carbonyl (C=O) groups is 1. The number of H-pyrrole nitrogens is 2. The van der Waals surface area contributed by atoms with Crippen LogP contribution in [0.1, 0.15) is 30.8 Å². The van der Waals surface area contributed by atoms with Gasteiger partial charge in [-0.05, 0) is 37.1 Å². The first-order chi connectivity index (χ1) is 10.2. The topological polar surface area (TPSA) is 73.6 Å².